The van der Waals surface area contributed by atoms with Crippen molar-refractivity contribution in [1.82, 2.24) is 9.91 Å². The second kappa shape index (κ2) is 9.10. The molecule has 3 aliphatic heterocycles. The molecular weight excluding hydrogens is 406 g/mol. The first kappa shape index (κ1) is 21.2. The lowest BCUT2D eigenvalue weighted by atomic mass is 10.1. The summed E-state index contributed by atoms with van der Waals surface area (Å²) in [6.07, 6.45) is 6.78. The second-order valence-corrected chi connectivity index (χ2v) is 9.19. The molecule has 0 bridgehead atoms. The zero-order chi connectivity index (χ0) is 22.1. The van der Waals surface area contributed by atoms with Gasteiger partial charge in [-0.1, -0.05) is 18.9 Å². The summed E-state index contributed by atoms with van der Waals surface area (Å²) in [7, 11) is 2.08. The molecule has 0 aromatic heterocycles. The normalized spacial score (nSPS) is 21.7. The summed E-state index contributed by atoms with van der Waals surface area (Å²) in [6.45, 7) is 3.87. The van der Waals surface area contributed by atoms with Crippen molar-refractivity contribution in [2.45, 2.75) is 51.0 Å². The van der Waals surface area contributed by atoms with Gasteiger partial charge in [0.05, 0.1) is 13.2 Å². The van der Waals surface area contributed by atoms with E-state index in [1.54, 1.807) is 0 Å². The first-order valence-electron chi connectivity index (χ1n) is 12.0. The van der Waals surface area contributed by atoms with E-state index in [9.17, 15) is 9.59 Å². The Hall–Kier alpha value is -2.61. The van der Waals surface area contributed by atoms with Crippen LogP contribution < -0.4 is 9.80 Å². The lowest BCUT2D eigenvalue weighted by Gasteiger charge is -2.32. The Kier molecular flexibility index (Phi) is 6.04. The molecule has 4 aliphatic rings. The Morgan fingerprint density at radius 1 is 1.09 bits per heavy atom. The molecule has 8 heteroatoms. The maximum absolute atomic E-state index is 13.3. The summed E-state index contributed by atoms with van der Waals surface area (Å²) in [6, 6.07) is 6.68. The van der Waals surface area contributed by atoms with Crippen LogP contribution >= 0.6 is 0 Å². The van der Waals surface area contributed by atoms with Crippen LogP contribution in [0.25, 0.3) is 0 Å². The maximum Gasteiger partial charge on any atom is 0.248 e. The van der Waals surface area contributed by atoms with E-state index in [-0.39, 0.29) is 18.4 Å². The largest absolute Gasteiger partial charge is 0.378 e. The number of amidine groups is 1. The van der Waals surface area contributed by atoms with Crippen LogP contribution in [-0.2, 0) is 20.7 Å². The Labute approximate surface area is 189 Å². The lowest BCUT2D eigenvalue weighted by molar-refractivity contribution is -0.135. The Morgan fingerprint density at radius 2 is 1.84 bits per heavy atom. The molecule has 0 atom stereocenters. The van der Waals surface area contributed by atoms with E-state index in [2.05, 4.69) is 28.0 Å². The lowest BCUT2D eigenvalue weighted by Crippen LogP contribution is -2.45. The van der Waals surface area contributed by atoms with Crippen LogP contribution in [0.5, 0.6) is 0 Å². The maximum atomic E-state index is 13.3. The van der Waals surface area contributed by atoms with Crippen LogP contribution in [0.15, 0.2) is 23.3 Å². The van der Waals surface area contributed by atoms with E-state index in [0.29, 0.717) is 25.4 Å². The average molecular weight is 440 g/mol. The predicted octanol–water partition coefficient (Wildman–Crippen LogP) is 2.22. The van der Waals surface area contributed by atoms with Gasteiger partial charge < -0.3 is 19.4 Å². The summed E-state index contributed by atoms with van der Waals surface area (Å²) >= 11 is 0. The number of morpholine rings is 1. The predicted molar refractivity (Wildman–Crippen MR) is 124 cm³/mol. The van der Waals surface area contributed by atoms with Crippen LogP contribution in [0.1, 0.15) is 44.1 Å². The van der Waals surface area contributed by atoms with E-state index in [1.165, 1.54) is 41.9 Å². The summed E-state index contributed by atoms with van der Waals surface area (Å²) in [5.41, 5.74) is 3.39. The quantitative estimate of drug-likeness (QED) is 0.720. The molecule has 1 saturated carbocycles. The number of hydrogen-bond acceptors (Lipinski definition) is 6. The minimum atomic E-state index is -0.0663. The Balaban J connectivity index is 1.30. The molecule has 2 fully saturated rings. The van der Waals surface area contributed by atoms with Crippen LogP contribution in [0.4, 0.5) is 11.4 Å². The number of ether oxygens (including phenoxy) is 1. The number of nitrogens with zero attached hydrogens (tertiary/aromatic N) is 5. The van der Waals surface area contributed by atoms with Crippen molar-refractivity contribution < 1.29 is 14.3 Å². The minimum Gasteiger partial charge on any atom is -0.378 e. The summed E-state index contributed by atoms with van der Waals surface area (Å²) in [4.78, 5) is 32.2. The number of rotatable bonds is 4. The monoisotopic (exact) mass is 439 g/mol. The first-order chi connectivity index (χ1) is 15.6. The minimum absolute atomic E-state index is 0.00205. The fourth-order valence-electron chi connectivity index (χ4n) is 5.45. The molecule has 8 nitrogen and oxygen atoms in total. The van der Waals surface area contributed by atoms with E-state index in [1.807, 2.05) is 17.0 Å². The standard InChI is InChI=1S/C24H33N5O3/c1-26(18-5-2-3-6-18)22-9-10-23(30)29(25-22)17-24(31)28-12-11-19-20(7-4-8-21(19)28)27-13-15-32-16-14-27/h4,7-8,18H,2-3,5-6,9-17H2,1H3. The van der Waals surface area contributed by atoms with Crippen molar-refractivity contribution in [2.24, 2.45) is 5.10 Å². The highest BCUT2D eigenvalue weighted by molar-refractivity contribution is 6.00. The third-order valence-corrected chi connectivity index (χ3v) is 7.31. The van der Waals surface area contributed by atoms with Crippen molar-refractivity contribution in [3.05, 3.63) is 23.8 Å². The van der Waals surface area contributed by atoms with Crippen molar-refractivity contribution in [2.75, 3.05) is 56.2 Å². The molecule has 2 amide bonds. The fourth-order valence-corrected chi connectivity index (χ4v) is 5.45. The molecule has 1 aliphatic carbocycles. The van der Waals surface area contributed by atoms with Gasteiger partial charge in [0.15, 0.2) is 0 Å². The van der Waals surface area contributed by atoms with Crippen LogP contribution in [0, 0.1) is 0 Å². The van der Waals surface area contributed by atoms with Gasteiger partial charge in [0.2, 0.25) is 11.8 Å². The van der Waals surface area contributed by atoms with Gasteiger partial charge in [-0.3, -0.25) is 9.59 Å². The molecule has 0 radical (unpaired) electrons. The number of fused-ring (bicyclic) bond motifs is 1. The van der Waals surface area contributed by atoms with E-state index in [0.717, 1.165) is 44.2 Å². The molecule has 0 unspecified atom stereocenters. The zero-order valence-electron chi connectivity index (χ0n) is 19.0. The van der Waals surface area contributed by atoms with E-state index in [4.69, 9.17) is 4.74 Å². The molecule has 0 spiro atoms. The number of carbonyl (C=O) groups excluding carboxylic acids is 2. The molecule has 172 valence electrons. The molecule has 1 aromatic carbocycles. The third-order valence-electron chi connectivity index (χ3n) is 7.31. The van der Waals surface area contributed by atoms with Gasteiger partial charge >= 0.3 is 0 Å². The first-order valence-corrected chi connectivity index (χ1v) is 12.0. The van der Waals surface area contributed by atoms with Crippen molar-refractivity contribution in [1.29, 1.82) is 0 Å². The van der Waals surface area contributed by atoms with Crippen LogP contribution in [0.2, 0.25) is 0 Å². The van der Waals surface area contributed by atoms with E-state index < -0.39 is 0 Å². The van der Waals surface area contributed by atoms with Gasteiger partial charge in [0.25, 0.3) is 0 Å². The second-order valence-electron chi connectivity index (χ2n) is 9.19. The van der Waals surface area contributed by atoms with Crippen molar-refractivity contribution >= 4 is 29.0 Å². The van der Waals surface area contributed by atoms with Crippen LogP contribution in [-0.4, -0.2) is 80.0 Å². The fraction of sp³-hybridized carbons (Fsp3) is 0.625. The van der Waals surface area contributed by atoms with Gasteiger partial charge in [-0.2, -0.15) is 5.10 Å². The Bertz CT molecular complexity index is 905. The van der Waals surface area contributed by atoms with Crippen molar-refractivity contribution in [3.8, 4) is 0 Å². The average Bonchev–Trinajstić information content (AvgIpc) is 3.51. The highest BCUT2D eigenvalue weighted by Crippen LogP contribution is 2.36. The highest BCUT2D eigenvalue weighted by Gasteiger charge is 2.32. The van der Waals surface area contributed by atoms with Gasteiger partial charge in [0, 0.05) is 62.5 Å². The number of anilines is 2. The molecule has 32 heavy (non-hydrogen) atoms. The zero-order valence-corrected chi connectivity index (χ0v) is 19.0. The van der Waals surface area contributed by atoms with Gasteiger partial charge in [-0.15, -0.1) is 0 Å². The van der Waals surface area contributed by atoms with E-state index >= 15 is 0 Å². The van der Waals surface area contributed by atoms with Gasteiger partial charge in [-0.05, 0) is 31.4 Å². The van der Waals surface area contributed by atoms with Crippen LogP contribution in [0.3, 0.4) is 0 Å². The molecule has 1 aromatic rings. The van der Waals surface area contributed by atoms with Gasteiger partial charge in [0.1, 0.15) is 12.4 Å². The molecule has 3 heterocycles. The highest BCUT2D eigenvalue weighted by atomic mass is 16.5. The number of hydrogen-bond donors (Lipinski definition) is 0. The number of benzene rings is 1. The SMILES string of the molecule is CN(C1=NN(CC(=O)N2CCc3c(N4CCOCC4)cccc32)C(=O)CC1)C1CCCC1. The number of amides is 2. The van der Waals surface area contributed by atoms with Crippen molar-refractivity contribution in [3.63, 3.8) is 0 Å². The summed E-state index contributed by atoms with van der Waals surface area (Å²) in [5.74, 6) is 0.800. The smallest absolute Gasteiger partial charge is 0.248 e. The molecular formula is C24H33N5O3. The number of carbonyl (C=O) groups is 2. The Morgan fingerprint density at radius 3 is 2.62 bits per heavy atom. The topological polar surface area (TPSA) is 68.7 Å². The summed E-state index contributed by atoms with van der Waals surface area (Å²) in [5, 5.41) is 6.02. The third kappa shape index (κ3) is 4.08. The molecule has 5 rings (SSSR count). The number of hydrazone groups is 1. The summed E-state index contributed by atoms with van der Waals surface area (Å²) < 4.78 is 5.49. The molecule has 0 N–H and O–H groups in total. The van der Waals surface area contributed by atoms with Gasteiger partial charge in [-0.25, -0.2) is 5.01 Å². The molecule has 1 saturated heterocycles.